The minimum atomic E-state index is -1.79. The van der Waals surface area contributed by atoms with E-state index in [1.54, 1.807) is 17.6 Å². The number of rotatable bonds is 8. The van der Waals surface area contributed by atoms with Crippen molar-refractivity contribution < 1.29 is 28.9 Å². The van der Waals surface area contributed by atoms with E-state index in [2.05, 4.69) is 0 Å². The molecule has 0 unspecified atom stereocenters. The number of ether oxygens (including phenoxy) is 3. The number of aromatic nitrogens is 2. The molecule has 0 aliphatic carbocycles. The van der Waals surface area contributed by atoms with Crippen LogP contribution in [0.25, 0.3) is 22.3 Å². The summed E-state index contributed by atoms with van der Waals surface area (Å²) in [4.78, 5) is 43.9. The van der Waals surface area contributed by atoms with Gasteiger partial charge in [0.2, 0.25) is 5.60 Å². The standard InChI is InChI=1S/C25H24N2O7S2/c1-2-25(34-24(31)32-8-10-36-35-9-7-28)18-12-20-21-16(11-15-5-3-4-6-19(15)26-21)13-27(20)22(29)17(18)14-33-23(25)30/h3-6,11-12,28H,2,7-10,13-14H2,1H3/t25-/m0/s1. The van der Waals surface area contributed by atoms with Gasteiger partial charge in [0, 0.05) is 28.0 Å². The van der Waals surface area contributed by atoms with E-state index in [1.165, 1.54) is 21.6 Å². The van der Waals surface area contributed by atoms with Crippen LogP contribution in [0.2, 0.25) is 0 Å². The van der Waals surface area contributed by atoms with E-state index in [4.69, 9.17) is 24.3 Å². The molecule has 9 nitrogen and oxygen atoms in total. The molecule has 2 aromatic heterocycles. The maximum Gasteiger partial charge on any atom is 0.509 e. The Morgan fingerprint density at radius 1 is 1.22 bits per heavy atom. The van der Waals surface area contributed by atoms with E-state index in [-0.39, 0.29) is 37.4 Å². The zero-order chi connectivity index (χ0) is 25.3. The van der Waals surface area contributed by atoms with Crippen molar-refractivity contribution in [3.05, 3.63) is 63.4 Å². The normalized spacial score (nSPS) is 17.8. The molecular formula is C25H24N2O7S2. The summed E-state index contributed by atoms with van der Waals surface area (Å²) in [6.45, 7) is 1.99. The summed E-state index contributed by atoms with van der Waals surface area (Å²) in [5, 5.41) is 9.80. The molecule has 1 N–H and O–H groups in total. The summed E-state index contributed by atoms with van der Waals surface area (Å²) in [6.07, 6.45) is -0.949. The quantitative estimate of drug-likeness (QED) is 0.206. The average molecular weight is 529 g/mol. The molecule has 0 spiro atoms. The van der Waals surface area contributed by atoms with E-state index in [0.29, 0.717) is 35.0 Å². The number of hydrogen-bond donors (Lipinski definition) is 1. The Hall–Kier alpha value is -3.02. The van der Waals surface area contributed by atoms with Gasteiger partial charge >= 0.3 is 12.1 Å². The lowest BCUT2D eigenvalue weighted by atomic mass is 9.85. The molecule has 0 fully saturated rings. The molecule has 188 valence electrons. The Balaban J connectivity index is 1.49. The summed E-state index contributed by atoms with van der Waals surface area (Å²) in [5.74, 6) is 0.326. The minimum absolute atomic E-state index is 0.0654. The van der Waals surface area contributed by atoms with Crippen LogP contribution in [0.3, 0.4) is 0 Å². The van der Waals surface area contributed by atoms with Gasteiger partial charge in [-0.1, -0.05) is 46.7 Å². The number of carbonyl (C=O) groups is 2. The van der Waals surface area contributed by atoms with Crippen molar-refractivity contribution in [3.63, 3.8) is 0 Å². The molecule has 2 aliphatic heterocycles. The Morgan fingerprint density at radius 3 is 2.83 bits per heavy atom. The molecule has 5 rings (SSSR count). The second-order valence-corrected chi connectivity index (χ2v) is 11.0. The lowest BCUT2D eigenvalue weighted by molar-refractivity contribution is -0.175. The van der Waals surface area contributed by atoms with Gasteiger partial charge < -0.3 is 23.9 Å². The zero-order valence-electron chi connectivity index (χ0n) is 19.5. The summed E-state index contributed by atoms with van der Waals surface area (Å²) in [6, 6.07) is 11.5. The summed E-state index contributed by atoms with van der Waals surface area (Å²) in [5.41, 5.74) is 1.43. The van der Waals surface area contributed by atoms with Crippen LogP contribution in [0.1, 0.15) is 30.0 Å². The van der Waals surface area contributed by atoms with Gasteiger partial charge in [0.1, 0.15) is 13.2 Å². The Morgan fingerprint density at radius 2 is 2.03 bits per heavy atom. The minimum Gasteiger partial charge on any atom is -0.457 e. The van der Waals surface area contributed by atoms with E-state index in [9.17, 15) is 14.4 Å². The van der Waals surface area contributed by atoms with Gasteiger partial charge in [-0.05, 0) is 24.6 Å². The van der Waals surface area contributed by atoms with Crippen molar-refractivity contribution in [2.45, 2.75) is 32.1 Å². The number of carbonyl (C=O) groups excluding carboxylic acids is 2. The van der Waals surface area contributed by atoms with Gasteiger partial charge in [-0.15, -0.1) is 0 Å². The molecule has 0 saturated heterocycles. The van der Waals surface area contributed by atoms with E-state index in [0.717, 1.165) is 16.5 Å². The molecule has 4 heterocycles. The van der Waals surface area contributed by atoms with Crippen molar-refractivity contribution >= 4 is 44.6 Å². The van der Waals surface area contributed by atoms with Crippen LogP contribution < -0.4 is 5.56 Å². The van der Waals surface area contributed by atoms with Crippen molar-refractivity contribution in [2.75, 3.05) is 24.7 Å². The molecule has 3 aromatic rings. The lowest BCUT2D eigenvalue weighted by Crippen LogP contribution is -2.47. The number of aliphatic hydroxyl groups is 1. The molecular weight excluding hydrogens is 504 g/mol. The van der Waals surface area contributed by atoms with E-state index in [1.807, 2.05) is 30.3 Å². The SMILES string of the molecule is CC[C@@]1(OC(=O)OCCSSCCO)C(=O)OCc2c1cc1n(c2=O)Cc2cc3ccccc3nc2-1. The van der Waals surface area contributed by atoms with Gasteiger partial charge in [0.15, 0.2) is 0 Å². The first kappa shape index (κ1) is 24.7. The molecule has 36 heavy (non-hydrogen) atoms. The summed E-state index contributed by atoms with van der Waals surface area (Å²) < 4.78 is 17.7. The zero-order valence-corrected chi connectivity index (χ0v) is 21.2. The highest BCUT2D eigenvalue weighted by Gasteiger charge is 2.51. The first-order valence-electron chi connectivity index (χ1n) is 11.5. The predicted octanol–water partition coefficient (Wildman–Crippen LogP) is 3.61. The summed E-state index contributed by atoms with van der Waals surface area (Å²) >= 11 is 0. The molecule has 1 atom stereocenters. The fourth-order valence-corrected chi connectivity index (χ4v) is 6.16. The predicted molar refractivity (Wildman–Crippen MR) is 137 cm³/mol. The van der Waals surface area contributed by atoms with E-state index < -0.39 is 17.7 Å². The second-order valence-electron chi connectivity index (χ2n) is 8.33. The Kier molecular flexibility index (Phi) is 6.96. The van der Waals surface area contributed by atoms with Crippen LogP contribution in [-0.4, -0.2) is 51.5 Å². The van der Waals surface area contributed by atoms with Crippen LogP contribution in [0, 0.1) is 0 Å². The molecule has 11 heteroatoms. The highest BCUT2D eigenvalue weighted by atomic mass is 33.1. The number of aliphatic hydroxyl groups excluding tert-OH is 1. The third-order valence-electron chi connectivity index (χ3n) is 6.29. The van der Waals surface area contributed by atoms with Gasteiger partial charge in [-0.25, -0.2) is 14.6 Å². The highest BCUT2D eigenvalue weighted by Crippen LogP contribution is 2.41. The monoisotopic (exact) mass is 528 g/mol. The maximum atomic E-state index is 13.5. The number of fused-ring (bicyclic) bond motifs is 5. The lowest BCUT2D eigenvalue weighted by Gasteiger charge is -2.35. The van der Waals surface area contributed by atoms with Crippen molar-refractivity contribution in [1.29, 1.82) is 0 Å². The number of para-hydroxylation sites is 1. The van der Waals surface area contributed by atoms with Gasteiger partial charge in [0.05, 0.1) is 35.6 Å². The third kappa shape index (κ3) is 4.25. The van der Waals surface area contributed by atoms with E-state index >= 15 is 0 Å². The van der Waals surface area contributed by atoms with Crippen molar-refractivity contribution in [2.24, 2.45) is 0 Å². The fraction of sp³-hybridized carbons (Fsp3) is 0.360. The molecule has 0 bridgehead atoms. The number of benzene rings is 1. The topological polar surface area (TPSA) is 117 Å². The second kappa shape index (κ2) is 10.2. The first-order valence-corrected chi connectivity index (χ1v) is 14.0. The Bertz CT molecular complexity index is 1410. The molecule has 1 aromatic carbocycles. The first-order chi connectivity index (χ1) is 17.5. The largest absolute Gasteiger partial charge is 0.509 e. The van der Waals surface area contributed by atoms with Gasteiger partial charge in [-0.3, -0.25) is 4.79 Å². The molecule has 2 aliphatic rings. The molecule has 0 radical (unpaired) electrons. The summed E-state index contributed by atoms with van der Waals surface area (Å²) in [7, 11) is 2.91. The number of pyridine rings is 2. The number of hydrogen-bond acceptors (Lipinski definition) is 10. The number of esters is 1. The highest BCUT2D eigenvalue weighted by molar-refractivity contribution is 8.76. The van der Waals surface area contributed by atoms with Crippen LogP contribution in [0.15, 0.2) is 41.2 Å². The molecule has 0 amide bonds. The van der Waals surface area contributed by atoms with Gasteiger partial charge in [-0.2, -0.15) is 0 Å². The van der Waals surface area contributed by atoms with Crippen LogP contribution in [-0.2, 0) is 37.8 Å². The maximum absolute atomic E-state index is 13.5. The number of nitrogens with zero attached hydrogens (tertiary/aromatic N) is 2. The number of cyclic esters (lactones) is 1. The smallest absolute Gasteiger partial charge is 0.457 e. The van der Waals surface area contributed by atoms with Crippen LogP contribution in [0.4, 0.5) is 4.79 Å². The molecule has 0 saturated carbocycles. The van der Waals surface area contributed by atoms with Crippen molar-refractivity contribution in [1.82, 2.24) is 9.55 Å². The van der Waals surface area contributed by atoms with Crippen molar-refractivity contribution in [3.8, 4) is 11.4 Å². The third-order valence-corrected chi connectivity index (χ3v) is 8.64. The van der Waals surface area contributed by atoms with Crippen LogP contribution in [0.5, 0.6) is 0 Å². The van der Waals surface area contributed by atoms with Crippen LogP contribution >= 0.6 is 21.6 Å². The average Bonchev–Trinajstić information content (AvgIpc) is 3.24. The fourth-order valence-electron chi connectivity index (χ4n) is 4.57. The Labute approximate surface area is 214 Å². The van der Waals surface area contributed by atoms with Gasteiger partial charge in [0.25, 0.3) is 5.56 Å².